The average molecular weight is 431 g/mol. The van der Waals surface area contributed by atoms with Gasteiger partial charge in [-0.25, -0.2) is 4.68 Å². The molecular weight excluding hydrogens is 411 g/mol. The molecule has 0 aliphatic heterocycles. The zero-order chi connectivity index (χ0) is 20.5. The summed E-state index contributed by atoms with van der Waals surface area (Å²) in [6, 6.07) is 26.3. The van der Waals surface area contributed by atoms with Crippen LogP contribution in [0.25, 0.3) is 28.6 Å². The molecule has 0 atom stereocenters. The van der Waals surface area contributed by atoms with Crippen LogP contribution in [0.2, 0.25) is 10.0 Å². The van der Waals surface area contributed by atoms with Gasteiger partial charge in [-0.2, -0.15) is 5.10 Å². The molecule has 1 aliphatic rings. The van der Waals surface area contributed by atoms with E-state index in [-0.39, 0.29) is 0 Å². The molecule has 0 saturated carbocycles. The number of fused-ring (bicyclic) bond motifs is 1. The largest absolute Gasteiger partial charge is 0.232 e. The summed E-state index contributed by atoms with van der Waals surface area (Å²) in [5.74, 6) is 0. The van der Waals surface area contributed by atoms with E-state index < -0.39 is 0 Å². The van der Waals surface area contributed by atoms with Crippen LogP contribution in [0, 0.1) is 0 Å². The number of nitrogens with zero attached hydrogens (tertiary/aromatic N) is 2. The molecule has 0 bridgehead atoms. The summed E-state index contributed by atoms with van der Waals surface area (Å²) in [7, 11) is 0. The molecule has 30 heavy (non-hydrogen) atoms. The average Bonchev–Trinajstić information content (AvgIpc) is 3.17. The maximum Gasteiger partial charge on any atom is 0.0926 e. The van der Waals surface area contributed by atoms with Gasteiger partial charge in [0.05, 0.1) is 17.1 Å². The first kappa shape index (κ1) is 19.2. The summed E-state index contributed by atoms with van der Waals surface area (Å²) in [6.45, 7) is 0. The number of hydrogen-bond donors (Lipinski definition) is 0. The van der Waals surface area contributed by atoms with E-state index in [0.29, 0.717) is 0 Å². The fraction of sp³-hybridized carbons (Fsp3) is 0.115. The topological polar surface area (TPSA) is 17.8 Å². The SMILES string of the molecule is Clc1ccc(C=C2CCCc3c2nn(-c2ccccc2)c3-c2ccc(Cl)cc2)cc1. The Bertz CT molecular complexity index is 1200. The first-order valence-electron chi connectivity index (χ1n) is 10.1. The molecule has 1 aromatic heterocycles. The van der Waals surface area contributed by atoms with Gasteiger partial charge in [0, 0.05) is 21.2 Å². The lowest BCUT2D eigenvalue weighted by Gasteiger charge is -2.15. The number of aromatic nitrogens is 2. The third-order valence-electron chi connectivity index (χ3n) is 5.49. The van der Waals surface area contributed by atoms with Crippen LogP contribution in [0.1, 0.15) is 29.7 Å². The third-order valence-corrected chi connectivity index (χ3v) is 5.99. The van der Waals surface area contributed by atoms with Crippen LogP contribution < -0.4 is 0 Å². The van der Waals surface area contributed by atoms with Gasteiger partial charge in [0.25, 0.3) is 0 Å². The summed E-state index contributed by atoms with van der Waals surface area (Å²) in [4.78, 5) is 0. The Kier molecular flexibility index (Phi) is 5.20. The molecule has 2 nitrogen and oxygen atoms in total. The first-order chi connectivity index (χ1) is 14.7. The Morgan fingerprint density at radius 3 is 2.13 bits per heavy atom. The summed E-state index contributed by atoms with van der Waals surface area (Å²) >= 11 is 12.2. The summed E-state index contributed by atoms with van der Waals surface area (Å²) in [5.41, 5.74) is 8.13. The van der Waals surface area contributed by atoms with E-state index >= 15 is 0 Å². The predicted octanol–water partition coefficient (Wildman–Crippen LogP) is 7.72. The van der Waals surface area contributed by atoms with Crippen LogP contribution in [0.15, 0.2) is 78.9 Å². The van der Waals surface area contributed by atoms with Gasteiger partial charge in [0.15, 0.2) is 0 Å². The van der Waals surface area contributed by atoms with Crippen molar-refractivity contribution in [2.24, 2.45) is 0 Å². The lowest BCUT2D eigenvalue weighted by Crippen LogP contribution is -2.01. The Balaban J connectivity index is 1.70. The zero-order valence-electron chi connectivity index (χ0n) is 16.4. The molecule has 0 radical (unpaired) electrons. The molecular formula is C26H20Cl2N2. The molecule has 0 N–H and O–H groups in total. The molecule has 0 amide bonds. The molecule has 148 valence electrons. The van der Waals surface area contributed by atoms with Crippen molar-refractivity contribution < 1.29 is 0 Å². The maximum atomic E-state index is 6.16. The number of rotatable bonds is 3. The maximum absolute atomic E-state index is 6.16. The standard InChI is InChI=1S/C26H20Cl2N2/c27-21-13-9-18(10-14-21)17-20-5-4-8-24-25(20)29-30(23-6-2-1-3-7-23)26(24)19-11-15-22(28)16-12-19/h1-3,6-7,9-17H,4-5,8H2. The highest BCUT2D eigenvalue weighted by Gasteiger charge is 2.25. The van der Waals surface area contributed by atoms with Crippen molar-refractivity contribution in [1.29, 1.82) is 0 Å². The van der Waals surface area contributed by atoms with Crippen LogP contribution >= 0.6 is 23.2 Å². The van der Waals surface area contributed by atoms with Crippen molar-refractivity contribution in [3.63, 3.8) is 0 Å². The van der Waals surface area contributed by atoms with Crippen molar-refractivity contribution in [2.45, 2.75) is 19.3 Å². The molecule has 0 saturated heterocycles. The monoisotopic (exact) mass is 430 g/mol. The van der Waals surface area contributed by atoms with E-state index in [4.69, 9.17) is 28.3 Å². The van der Waals surface area contributed by atoms with Crippen molar-refractivity contribution >= 4 is 34.9 Å². The molecule has 4 aromatic rings. The number of benzene rings is 3. The summed E-state index contributed by atoms with van der Waals surface area (Å²) in [5, 5.41) is 6.59. The van der Waals surface area contributed by atoms with Crippen LogP contribution in [0.4, 0.5) is 0 Å². The van der Waals surface area contributed by atoms with E-state index in [0.717, 1.165) is 57.5 Å². The minimum atomic E-state index is 0.738. The van der Waals surface area contributed by atoms with Crippen LogP contribution in [0.5, 0.6) is 0 Å². The van der Waals surface area contributed by atoms with Gasteiger partial charge in [-0.3, -0.25) is 0 Å². The number of hydrogen-bond acceptors (Lipinski definition) is 1. The van der Waals surface area contributed by atoms with E-state index in [2.05, 4.69) is 47.2 Å². The van der Waals surface area contributed by atoms with Crippen molar-refractivity contribution in [3.05, 3.63) is 106 Å². The second-order valence-electron chi connectivity index (χ2n) is 7.50. The van der Waals surface area contributed by atoms with Gasteiger partial charge in [-0.05, 0) is 72.9 Å². The van der Waals surface area contributed by atoms with Gasteiger partial charge in [-0.15, -0.1) is 0 Å². The van der Waals surface area contributed by atoms with Crippen LogP contribution in [-0.2, 0) is 6.42 Å². The van der Waals surface area contributed by atoms with E-state index in [1.807, 2.05) is 42.5 Å². The zero-order valence-corrected chi connectivity index (χ0v) is 17.9. The summed E-state index contributed by atoms with van der Waals surface area (Å²) < 4.78 is 2.08. The van der Waals surface area contributed by atoms with Crippen LogP contribution in [0.3, 0.4) is 0 Å². The second-order valence-corrected chi connectivity index (χ2v) is 8.38. The minimum absolute atomic E-state index is 0.738. The third kappa shape index (κ3) is 3.69. The van der Waals surface area contributed by atoms with Crippen molar-refractivity contribution in [2.75, 3.05) is 0 Å². The summed E-state index contributed by atoms with van der Waals surface area (Å²) in [6.07, 6.45) is 5.37. The Morgan fingerprint density at radius 2 is 1.43 bits per heavy atom. The highest BCUT2D eigenvalue weighted by molar-refractivity contribution is 6.30. The second kappa shape index (κ2) is 8.14. The van der Waals surface area contributed by atoms with Gasteiger partial charge in [0.1, 0.15) is 0 Å². The fourth-order valence-electron chi connectivity index (χ4n) is 4.08. The number of halogens is 2. The number of para-hydroxylation sites is 1. The Labute approximate surface area is 186 Å². The quantitative estimate of drug-likeness (QED) is 0.325. The lowest BCUT2D eigenvalue weighted by atomic mass is 9.89. The Hall–Kier alpha value is -2.81. The van der Waals surface area contributed by atoms with Crippen LogP contribution in [-0.4, -0.2) is 9.78 Å². The van der Waals surface area contributed by atoms with Gasteiger partial charge in [0.2, 0.25) is 0 Å². The predicted molar refractivity (Wildman–Crippen MR) is 126 cm³/mol. The molecule has 4 heteroatoms. The molecule has 0 fully saturated rings. The van der Waals surface area contributed by atoms with E-state index in [1.54, 1.807) is 0 Å². The first-order valence-corrected chi connectivity index (χ1v) is 10.8. The number of allylic oxidation sites excluding steroid dienone is 1. The fourth-order valence-corrected chi connectivity index (χ4v) is 4.33. The van der Waals surface area contributed by atoms with Crippen molar-refractivity contribution in [3.8, 4) is 16.9 Å². The molecule has 0 spiro atoms. The van der Waals surface area contributed by atoms with Crippen molar-refractivity contribution in [1.82, 2.24) is 9.78 Å². The molecule has 5 rings (SSSR count). The minimum Gasteiger partial charge on any atom is -0.232 e. The molecule has 0 unspecified atom stereocenters. The van der Waals surface area contributed by atoms with E-state index in [1.165, 1.54) is 11.1 Å². The Morgan fingerprint density at radius 1 is 0.767 bits per heavy atom. The normalized spacial score (nSPS) is 14.7. The van der Waals surface area contributed by atoms with Gasteiger partial charge < -0.3 is 0 Å². The highest BCUT2D eigenvalue weighted by atomic mass is 35.5. The van der Waals surface area contributed by atoms with Gasteiger partial charge >= 0.3 is 0 Å². The smallest absolute Gasteiger partial charge is 0.0926 e. The lowest BCUT2D eigenvalue weighted by molar-refractivity contribution is 0.818. The molecule has 3 aromatic carbocycles. The van der Waals surface area contributed by atoms with E-state index in [9.17, 15) is 0 Å². The molecule has 1 aliphatic carbocycles. The highest BCUT2D eigenvalue weighted by Crippen LogP contribution is 2.39. The molecule has 1 heterocycles. The van der Waals surface area contributed by atoms with Gasteiger partial charge in [-0.1, -0.05) is 65.7 Å².